The molecule has 0 fully saturated rings. The van der Waals surface area contributed by atoms with Crippen LogP contribution < -0.4 is 4.90 Å². The maximum Gasteiger partial charge on any atom is 0.119 e. The molecule has 1 aliphatic rings. The predicted octanol–water partition coefficient (Wildman–Crippen LogP) is 2.85. The third-order valence-electron chi connectivity index (χ3n) is 4.88. The molecule has 2 aromatic rings. The molecular formula is C19H26NOS+. The second kappa shape index (κ2) is 7.30. The highest BCUT2D eigenvalue weighted by atomic mass is 32.1. The highest BCUT2D eigenvalue weighted by Gasteiger charge is 2.28. The number of benzene rings is 1. The van der Waals surface area contributed by atoms with E-state index in [0.29, 0.717) is 11.8 Å². The van der Waals surface area contributed by atoms with Crippen LogP contribution in [0.3, 0.4) is 0 Å². The van der Waals surface area contributed by atoms with E-state index in [0.717, 1.165) is 12.8 Å². The summed E-state index contributed by atoms with van der Waals surface area (Å²) in [4.78, 5) is 3.24. The average Bonchev–Trinajstić information content (AvgIpc) is 3.05. The molecule has 3 rings (SSSR count). The van der Waals surface area contributed by atoms with Gasteiger partial charge in [0.2, 0.25) is 0 Å². The Balaban J connectivity index is 1.67. The van der Waals surface area contributed by atoms with E-state index in [4.69, 9.17) is 0 Å². The first-order valence-corrected chi connectivity index (χ1v) is 9.32. The van der Waals surface area contributed by atoms with E-state index in [1.807, 2.05) is 23.5 Å². The summed E-state index contributed by atoms with van der Waals surface area (Å²) in [6, 6.07) is 11.1. The van der Waals surface area contributed by atoms with Crippen LogP contribution in [0.4, 0.5) is 0 Å². The van der Waals surface area contributed by atoms with Crippen LogP contribution in [0.25, 0.3) is 0 Å². The molecule has 2 atom stereocenters. The fraction of sp³-hybridized carbons (Fsp3) is 0.474. The first-order chi connectivity index (χ1) is 10.8. The van der Waals surface area contributed by atoms with Crippen LogP contribution in [-0.4, -0.2) is 24.2 Å². The normalized spacial score (nSPS) is 18.9. The number of hydrogen-bond donors (Lipinski definition) is 2. The van der Waals surface area contributed by atoms with Crippen molar-refractivity contribution in [3.63, 3.8) is 0 Å². The van der Waals surface area contributed by atoms with Gasteiger partial charge in [-0.05, 0) is 41.5 Å². The van der Waals surface area contributed by atoms with Gasteiger partial charge in [-0.2, -0.15) is 0 Å². The zero-order valence-electron chi connectivity index (χ0n) is 13.3. The molecule has 0 spiro atoms. The van der Waals surface area contributed by atoms with E-state index in [9.17, 15) is 5.11 Å². The van der Waals surface area contributed by atoms with Gasteiger partial charge < -0.3 is 10.0 Å². The van der Waals surface area contributed by atoms with Crippen LogP contribution in [0.5, 0.6) is 5.75 Å². The Morgan fingerprint density at radius 2 is 2.14 bits per heavy atom. The summed E-state index contributed by atoms with van der Waals surface area (Å²) in [5, 5.41) is 12.2. The second-order valence-electron chi connectivity index (χ2n) is 6.34. The summed E-state index contributed by atoms with van der Waals surface area (Å²) < 4.78 is 0. The third kappa shape index (κ3) is 3.53. The second-order valence-corrected chi connectivity index (χ2v) is 7.37. The van der Waals surface area contributed by atoms with Crippen molar-refractivity contribution in [1.29, 1.82) is 0 Å². The van der Waals surface area contributed by atoms with Crippen molar-refractivity contribution in [2.24, 2.45) is 0 Å². The Hall–Kier alpha value is -1.32. The zero-order valence-corrected chi connectivity index (χ0v) is 14.2. The Labute approximate surface area is 137 Å². The summed E-state index contributed by atoms with van der Waals surface area (Å²) >= 11 is 1.87. The highest BCUT2D eigenvalue weighted by Crippen LogP contribution is 2.28. The van der Waals surface area contributed by atoms with Crippen molar-refractivity contribution < 1.29 is 10.0 Å². The zero-order chi connectivity index (χ0) is 15.4. The quantitative estimate of drug-likeness (QED) is 0.841. The van der Waals surface area contributed by atoms with E-state index in [-0.39, 0.29) is 0 Å². The van der Waals surface area contributed by atoms with Gasteiger partial charge in [-0.15, -0.1) is 11.3 Å². The van der Waals surface area contributed by atoms with Gasteiger partial charge in [0.1, 0.15) is 5.75 Å². The number of aromatic hydroxyl groups is 1. The van der Waals surface area contributed by atoms with E-state index < -0.39 is 0 Å². The van der Waals surface area contributed by atoms with Crippen molar-refractivity contribution in [3.8, 4) is 5.75 Å². The van der Waals surface area contributed by atoms with Gasteiger partial charge in [0.15, 0.2) is 0 Å². The SMILES string of the molecule is CCC[NH+](CCc1cccs1)[C@H]1CCc2c(O)cccc2C1. The maximum atomic E-state index is 10.0. The molecular weight excluding hydrogens is 290 g/mol. The molecule has 2 nitrogen and oxygen atoms in total. The van der Waals surface area contributed by atoms with Crippen molar-refractivity contribution in [3.05, 3.63) is 51.7 Å². The van der Waals surface area contributed by atoms with Crippen LogP contribution >= 0.6 is 11.3 Å². The van der Waals surface area contributed by atoms with Gasteiger partial charge in [-0.25, -0.2) is 0 Å². The standard InChI is InChI=1S/C19H25NOS/c1-2-11-20(12-10-17-6-4-13-22-17)16-8-9-18-15(14-16)5-3-7-19(18)21/h3-7,13,16,21H,2,8-12,14H2,1H3/p+1/t16-/m0/s1. The fourth-order valence-electron chi connectivity index (χ4n) is 3.73. The van der Waals surface area contributed by atoms with Crippen LogP contribution in [0.2, 0.25) is 0 Å². The minimum atomic E-state index is 0.492. The van der Waals surface area contributed by atoms with Gasteiger partial charge in [0.05, 0.1) is 19.1 Å². The first kappa shape index (κ1) is 15.6. The lowest BCUT2D eigenvalue weighted by molar-refractivity contribution is -0.925. The number of phenols is 1. The number of rotatable bonds is 6. The number of phenolic OH excluding ortho intramolecular Hbond substituents is 1. The Bertz CT molecular complexity index is 593. The van der Waals surface area contributed by atoms with E-state index in [2.05, 4.69) is 30.5 Å². The molecule has 0 saturated carbocycles. The maximum absolute atomic E-state index is 10.0. The van der Waals surface area contributed by atoms with E-state index in [1.54, 1.807) is 4.90 Å². The summed E-state index contributed by atoms with van der Waals surface area (Å²) in [6.45, 7) is 4.77. The molecule has 1 aromatic heterocycles. The van der Waals surface area contributed by atoms with Gasteiger partial charge in [0, 0.05) is 24.1 Å². The molecule has 1 aliphatic carbocycles. The average molecular weight is 316 g/mol. The molecule has 0 bridgehead atoms. The molecule has 118 valence electrons. The molecule has 1 unspecified atom stereocenters. The van der Waals surface area contributed by atoms with Gasteiger partial charge in [-0.1, -0.05) is 25.1 Å². The summed E-state index contributed by atoms with van der Waals surface area (Å²) in [5.74, 6) is 0.492. The van der Waals surface area contributed by atoms with Crippen molar-refractivity contribution in [2.45, 2.75) is 45.1 Å². The number of hydrogen-bond acceptors (Lipinski definition) is 2. The third-order valence-corrected chi connectivity index (χ3v) is 5.81. The highest BCUT2D eigenvalue weighted by molar-refractivity contribution is 7.09. The van der Waals surface area contributed by atoms with Crippen LogP contribution in [-0.2, 0) is 19.3 Å². The minimum Gasteiger partial charge on any atom is -0.508 e. The Kier molecular flexibility index (Phi) is 5.16. The largest absolute Gasteiger partial charge is 0.508 e. The molecule has 2 N–H and O–H groups in total. The Morgan fingerprint density at radius 3 is 2.91 bits per heavy atom. The lowest BCUT2D eigenvalue weighted by Crippen LogP contribution is -3.16. The smallest absolute Gasteiger partial charge is 0.119 e. The molecule has 22 heavy (non-hydrogen) atoms. The van der Waals surface area contributed by atoms with Crippen LogP contribution in [0.15, 0.2) is 35.7 Å². The minimum absolute atomic E-state index is 0.492. The van der Waals surface area contributed by atoms with Crippen LogP contribution in [0.1, 0.15) is 35.8 Å². The predicted molar refractivity (Wildman–Crippen MR) is 92.9 cm³/mol. The van der Waals surface area contributed by atoms with Crippen molar-refractivity contribution >= 4 is 11.3 Å². The molecule has 0 saturated heterocycles. The van der Waals surface area contributed by atoms with E-state index >= 15 is 0 Å². The summed E-state index contributed by atoms with van der Waals surface area (Å²) in [7, 11) is 0. The fourth-order valence-corrected chi connectivity index (χ4v) is 4.44. The first-order valence-electron chi connectivity index (χ1n) is 8.44. The summed E-state index contributed by atoms with van der Waals surface area (Å²) in [5.41, 5.74) is 2.55. The monoisotopic (exact) mass is 316 g/mol. The van der Waals surface area contributed by atoms with E-state index in [1.165, 1.54) is 48.4 Å². The molecule has 0 aliphatic heterocycles. The lowest BCUT2D eigenvalue weighted by Gasteiger charge is -2.32. The van der Waals surface area contributed by atoms with Gasteiger partial charge in [0.25, 0.3) is 0 Å². The Morgan fingerprint density at radius 1 is 1.23 bits per heavy atom. The molecule has 3 heteroatoms. The number of fused-ring (bicyclic) bond motifs is 1. The van der Waals surface area contributed by atoms with Gasteiger partial charge in [-0.3, -0.25) is 0 Å². The topological polar surface area (TPSA) is 24.7 Å². The molecule has 0 amide bonds. The molecule has 0 radical (unpaired) electrons. The number of nitrogens with one attached hydrogen (secondary N) is 1. The number of quaternary nitrogens is 1. The lowest BCUT2D eigenvalue weighted by atomic mass is 9.86. The summed E-state index contributed by atoms with van der Waals surface area (Å²) in [6.07, 6.45) is 5.77. The van der Waals surface area contributed by atoms with Crippen LogP contribution in [0, 0.1) is 0 Å². The van der Waals surface area contributed by atoms with Crippen molar-refractivity contribution in [1.82, 2.24) is 0 Å². The van der Waals surface area contributed by atoms with Gasteiger partial charge >= 0.3 is 0 Å². The molecule has 1 aromatic carbocycles. The number of thiophene rings is 1. The van der Waals surface area contributed by atoms with Crippen molar-refractivity contribution in [2.75, 3.05) is 13.1 Å². The molecule has 1 heterocycles.